The standard InChI is InChI=1S/C15H25NO4/c1-10(2)15(19,11(3)17)14(18)20-9-12-6-8-16-7-4-5-13(12)16/h6,10-11,13,17,19H,4-5,7-9H2,1-3H3/t11-,13-,15+/m0/s1. The van der Waals surface area contributed by atoms with E-state index in [2.05, 4.69) is 11.0 Å². The zero-order chi connectivity index (χ0) is 14.9. The predicted molar refractivity (Wildman–Crippen MR) is 75.1 cm³/mol. The van der Waals surface area contributed by atoms with Gasteiger partial charge in [-0.3, -0.25) is 4.90 Å². The van der Waals surface area contributed by atoms with E-state index in [0.717, 1.165) is 25.1 Å². The highest BCUT2D eigenvalue weighted by atomic mass is 16.6. The minimum Gasteiger partial charge on any atom is -0.459 e. The number of nitrogens with zero attached hydrogens (tertiary/aromatic N) is 1. The van der Waals surface area contributed by atoms with Crippen molar-refractivity contribution in [1.29, 1.82) is 0 Å². The van der Waals surface area contributed by atoms with Crippen LogP contribution in [-0.4, -0.2) is 58.5 Å². The van der Waals surface area contributed by atoms with Crippen molar-refractivity contribution in [2.24, 2.45) is 5.92 Å². The topological polar surface area (TPSA) is 70.0 Å². The van der Waals surface area contributed by atoms with Crippen LogP contribution in [0.1, 0.15) is 33.6 Å². The maximum absolute atomic E-state index is 12.1. The van der Waals surface area contributed by atoms with Gasteiger partial charge in [0.05, 0.1) is 6.10 Å². The summed E-state index contributed by atoms with van der Waals surface area (Å²) in [7, 11) is 0. The lowest BCUT2D eigenvalue weighted by Crippen LogP contribution is -2.53. The molecule has 2 N–H and O–H groups in total. The van der Waals surface area contributed by atoms with E-state index >= 15 is 0 Å². The largest absolute Gasteiger partial charge is 0.459 e. The number of rotatable bonds is 5. The minimum absolute atomic E-state index is 0.210. The van der Waals surface area contributed by atoms with Crippen molar-refractivity contribution in [3.05, 3.63) is 11.6 Å². The summed E-state index contributed by atoms with van der Waals surface area (Å²) in [5, 5.41) is 20.0. The fourth-order valence-corrected chi connectivity index (χ4v) is 3.14. The van der Waals surface area contributed by atoms with Gasteiger partial charge in [-0.2, -0.15) is 0 Å². The van der Waals surface area contributed by atoms with Gasteiger partial charge in [0.1, 0.15) is 6.61 Å². The van der Waals surface area contributed by atoms with Crippen molar-refractivity contribution >= 4 is 5.97 Å². The van der Waals surface area contributed by atoms with Crippen molar-refractivity contribution < 1.29 is 19.7 Å². The molecule has 0 aromatic rings. The quantitative estimate of drug-likeness (QED) is 0.574. The Bertz CT molecular complexity index is 395. The molecule has 5 nitrogen and oxygen atoms in total. The lowest BCUT2D eigenvalue weighted by Gasteiger charge is -2.32. The van der Waals surface area contributed by atoms with Gasteiger partial charge in [0.2, 0.25) is 0 Å². The van der Waals surface area contributed by atoms with Crippen LogP contribution >= 0.6 is 0 Å². The lowest BCUT2D eigenvalue weighted by atomic mass is 9.85. The molecule has 0 saturated carbocycles. The maximum atomic E-state index is 12.1. The van der Waals surface area contributed by atoms with Crippen molar-refractivity contribution in [2.45, 2.75) is 51.4 Å². The molecular formula is C15H25NO4. The minimum atomic E-state index is -1.84. The summed E-state index contributed by atoms with van der Waals surface area (Å²) >= 11 is 0. The molecule has 2 rings (SSSR count). The Labute approximate surface area is 120 Å². The highest BCUT2D eigenvalue weighted by Crippen LogP contribution is 2.29. The zero-order valence-corrected chi connectivity index (χ0v) is 12.5. The third-order valence-corrected chi connectivity index (χ3v) is 4.59. The smallest absolute Gasteiger partial charge is 0.341 e. The Hall–Kier alpha value is -0.910. The number of fused-ring (bicyclic) bond motifs is 1. The van der Waals surface area contributed by atoms with Crippen LogP contribution in [0.3, 0.4) is 0 Å². The molecule has 0 aromatic heterocycles. The van der Waals surface area contributed by atoms with Gasteiger partial charge < -0.3 is 14.9 Å². The Kier molecular flexibility index (Phi) is 4.52. The molecule has 2 aliphatic rings. The molecule has 0 aromatic carbocycles. The first kappa shape index (κ1) is 15.5. The summed E-state index contributed by atoms with van der Waals surface area (Å²) in [5.74, 6) is -1.14. The Balaban J connectivity index is 1.95. The first-order valence-electron chi connectivity index (χ1n) is 7.38. The summed E-state index contributed by atoms with van der Waals surface area (Å²) in [5.41, 5.74) is -0.721. The highest BCUT2D eigenvalue weighted by molar-refractivity contribution is 5.80. The molecular weight excluding hydrogens is 258 g/mol. The molecule has 20 heavy (non-hydrogen) atoms. The second kappa shape index (κ2) is 5.84. The molecule has 0 bridgehead atoms. The number of aliphatic hydroxyl groups is 2. The van der Waals surface area contributed by atoms with Crippen LogP contribution < -0.4 is 0 Å². The second-order valence-corrected chi connectivity index (χ2v) is 6.16. The van der Waals surface area contributed by atoms with E-state index in [1.54, 1.807) is 13.8 Å². The second-order valence-electron chi connectivity index (χ2n) is 6.16. The van der Waals surface area contributed by atoms with Gasteiger partial charge in [-0.25, -0.2) is 4.79 Å². The number of aliphatic hydroxyl groups excluding tert-OH is 1. The molecule has 1 saturated heterocycles. The van der Waals surface area contributed by atoms with Crippen molar-refractivity contribution in [1.82, 2.24) is 4.90 Å². The van der Waals surface area contributed by atoms with Crippen LogP contribution in [0, 0.1) is 5.92 Å². The van der Waals surface area contributed by atoms with Gasteiger partial charge in [0, 0.05) is 12.6 Å². The Morgan fingerprint density at radius 3 is 2.85 bits per heavy atom. The van der Waals surface area contributed by atoms with Crippen LogP contribution in [0.15, 0.2) is 11.6 Å². The third-order valence-electron chi connectivity index (χ3n) is 4.59. The fraction of sp³-hybridized carbons (Fsp3) is 0.800. The van der Waals surface area contributed by atoms with Crippen LogP contribution in [0.25, 0.3) is 0 Å². The molecule has 114 valence electrons. The molecule has 2 aliphatic heterocycles. The van der Waals surface area contributed by atoms with Gasteiger partial charge in [0.25, 0.3) is 0 Å². The number of hydrogen-bond donors (Lipinski definition) is 2. The van der Waals surface area contributed by atoms with E-state index < -0.39 is 23.6 Å². The van der Waals surface area contributed by atoms with E-state index in [4.69, 9.17) is 4.74 Å². The van der Waals surface area contributed by atoms with Gasteiger partial charge in [-0.1, -0.05) is 19.9 Å². The molecule has 3 atom stereocenters. The number of carbonyl (C=O) groups excluding carboxylic acids is 1. The molecule has 0 radical (unpaired) electrons. The van der Waals surface area contributed by atoms with Gasteiger partial charge in [0.15, 0.2) is 5.60 Å². The van der Waals surface area contributed by atoms with Crippen molar-refractivity contribution in [3.8, 4) is 0 Å². The summed E-state index contributed by atoms with van der Waals surface area (Å²) < 4.78 is 5.28. The number of carbonyl (C=O) groups is 1. The highest BCUT2D eigenvalue weighted by Gasteiger charge is 2.46. The molecule has 1 fully saturated rings. The van der Waals surface area contributed by atoms with Crippen LogP contribution in [-0.2, 0) is 9.53 Å². The van der Waals surface area contributed by atoms with E-state index in [0.29, 0.717) is 6.04 Å². The zero-order valence-electron chi connectivity index (χ0n) is 12.5. The number of hydrogen-bond acceptors (Lipinski definition) is 5. The first-order valence-corrected chi connectivity index (χ1v) is 7.38. The van der Waals surface area contributed by atoms with Crippen LogP contribution in [0.5, 0.6) is 0 Å². The molecule has 0 spiro atoms. The average Bonchev–Trinajstić information content (AvgIpc) is 2.97. The van der Waals surface area contributed by atoms with E-state index in [9.17, 15) is 15.0 Å². The van der Waals surface area contributed by atoms with E-state index in [-0.39, 0.29) is 6.61 Å². The monoisotopic (exact) mass is 283 g/mol. The lowest BCUT2D eigenvalue weighted by molar-refractivity contribution is -0.183. The molecule has 0 amide bonds. The molecule has 5 heteroatoms. The summed E-state index contributed by atoms with van der Waals surface area (Å²) in [6.07, 6.45) is 3.23. The van der Waals surface area contributed by atoms with Crippen molar-refractivity contribution in [3.63, 3.8) is 0 Å². The third kappa shape index (κ3) is 2.62. The van der Waals surface area contributed by atoms with Gasteiger partial charge >= 0.3 is 5.97 Å². The van der Waals surface area contributed by atoms with Gasteiger partial charge in [-0.05, 0) is 37.8 Å². The maximum Gasteiger partial charge on any atom is 0.341 e. The molecule has 2 heterocycles. The average molecular weight is 283 g/mol. The number of esters is 1. The van der Waals surface area contributed by atoms with Crippen molar-refractivity contribution in [2.75, 3.05) is 19.7 Å². The number of ether oxygens (including phenoxy) is 1. The summed E-state index contributed by atoms with van der Waals surface area (Å²) in [4.78, 5) is 14.5. The van der Waals surface area contributed by atoms with E-state index in [1.807, 2.05) is 0 Å². The van der Waals surface area contributed by atoms with Gasteiger partial charge in [-0.15, -0.1) is 0 Å². The normalized spacial score (nSPS) is 27.1. The van der Waals surface area contributed by atoms with Crippen LogP contribution in [0.2, 0.25) is 0 Å². The molecule has 0 aliphatic carbocycles. The Morgan fingerprint density at radius 1 is 1.55 bits per heavy atom. The fourth-order valence-electron chi connectivity index (χ4n) is 3.14. The SMILES string of the molecule is CC(C)[C@](O)(C(=O)OCC1=CCN2CCC[C@@H]12)[C@H](C)O. The molecule has 0 unspecified atom stereocenters. The van der Waals surface area contributed by atoms with Crippen LogP contribution in [0.4, 0.5) is 0 Å². The first-order chi connectivity index (χ1) is 9.37. The summed E-state index contributed by atoms with van der Waals surface area (Å²) in [6, 6.07) is 0.390. The predicted octanol–water partition coefficient (Wildman–Crippen LogP) is 0.702. The van der Waals surface area contributed by atoms with E-state index in [1.165, 1.54) is 13.3 Å². The Morgan fingerprint density at radius 2 is 2.25 bits per heavy atom. The summed E-state index contributed by atoms with van der Waals surface area (Å²) in [6.45, 7) is 7.03.